The summed E-state index contributed by atoms with van der Waals surface area (Å²) >= 11 is 12.4. The van der Waals surface area contributed by atoms with Gasteiger partial charge in [0.15, 0.2) is 0 Å². The first-order valence-corrected chi connectivity index (χ1v) is 7.24. The Balaban J connectivity index is 1.99. The maximum Gasteiger partial charge on any atom is 0.0453 e. The molecule has 1 unspecified atom stereocenters. The van der Waals surface area contributed by atoms with E-state index in [4.69, 9.17) is 29.0 Å². The van der Waals surface area contributed by atoms with Gasteiger partial charge in [-0.1, -0.05) is 29.3 Å². The Labute approximate surface area is 129 Å². The summed E-state index contributed by atoms with van der Waals surface area (Å²) in [6.45, 7) is 0. The monoisotopic (exact) mass is 309 g/mol. The summed E-state index contributed by atoms with van der Waals surface area (Å²) in [7, 11) is 0. The molecule has 0 fully saturated rings. The molecule has 20 heavy (non-hydrogen) atoms. The van der Waals surface area contributed by atoms with E-state index in [0.29, 0.717) is 16.5 Å². The van der Waals surface area contributed by atoms with E-state index in [-0.39, 0.29) is 6.04 Å². The standard InChI is InChI=1S/C15H17Cl2N3/c16-14-2-1-3-15(17)13(14)10-12(20-18)5-4-11-6-8-19-9-7-11/h1-3,6-9,12,20H,4-5,10,18H2. The zero-order valence-electron chi connectivity index (χ0n) is 11.0. The fourth-order valence-electron chi connectivity index (χ4n) is 2.11. The van der Waals surface area contributed by atoms with Crippen LogP contribution in [0.3, 0.4) is 0 Å². The van der Waals surface area contributed by atoms with Crippen LogP contribution in [0.5, 0.6) is 0 Å². The number of nitrogens with one attached hydrogen (secondary N) is 1. The lowest BCUT2D eigenvalue weighted by atomic mass is 10.00. The first-order chi connectivity index (χ1) is 9.70. The van der Waals surface area contributed by atoms with E-state index in [1.165, 1.54) is 5.56 Å². The fraction of sp³-hybridized carbons (Fsp3) is 0.267. The summed E-state index contributed by atoms with van der Waals surface area (Å²) in [5, 5.41) is 1.36. The van der Waals surface area contributed by atoms with Crippen LogP contribution in [-0.4, -0.2) is 11.0 Å². The Hall–Kier alpha value is -1.13. The van der Waals surface area contributed by atoms with Gasteiger partial charge in [-0.2, -0.15) is 0 Å². The highest BCUT2D eigenvalue weighted by atomic mass is 35.5. The molecular weight excluding hydrogens is 293 g/mol. The lowest BCUT2D eigenvalue weighted by Gasteiger charge is -2.17. The van der Waals surface area contributed by atoms with E-state index in [1.54, 1.807) is 12.4 Å². The van der Waals surface area contributed by atoms with Gasteiger partial charge in [-0.05, 0) is 54.7 Å². The fourth-order valence-corrected chi connectivity index (χ4v) is 2.66. The van der Waals surface area contributed by atoms with Gasteiger partial charge in [0.05, 0.1) is 0 Å². The SMILES string of the molecule is NNC(CCc1ccncc1)Cc1c(Cl)cccc1Cl. The molecule has 3 nitrogen and oxygen atoms in total. The maximum atomic E-state index is 6.19. The first-order valence-electron chi connectivity index (χ1n) is 6.48. The minimum Gasteiger partial charge on any atom is -0.271 e. The minimum atomic E-state index is 0.126. The van der Waals surface area contributed by atoms with Gasteiger partial charge in [0, 0.05) is 28.5 Å². The Kier molecular flexibility index (Phi) is 5.80. The molecule has 1 aromatic heterocycles. The minimum absolute atomic E-state index is 0.126. The van der Waals surface area contributed by atoms with Crippen molar-refractivity contribution in [2.45, 2.75) is 25.3 Å². The van der Waals surface area contributed by atoms with Crippen LogP contribution in [0, 0.1) is 0 Å². The summed E-state index contributed by atoms with van der Waals surface area (Å²) in [6.07, 6.45) is 6.14. The largest absolute Gasteiger partial charge is 0.271 e. The predicted octanol–water partition coefficient (Wildman–Crippen LogP) is 3.40. The third-order valence-electron chi connectivity index (χ3n) is 3.28. The molecule has 0 amide bonds. The number of nitrogens with two attached hydrogens (primary N) is 1. The van der Waals surface area contributed by atoms with Gasteiger partial charge in [0.1, 0.15) is 0 Å². The second-order valence-electron chi connectivity index (χ2n) is 4.66. The van der Waals surface area contributed by atoms with Crippen molar-refractivity contribution in [2.75, 3.05) is 0 Å². The molecule has 1 atom stereocenters. The van der Waals surface area contributed by atoms with Crippen molar-refractivity contribution in [3.8, 4) is 0 Å². The third-order valence-corrected chi connectivity index (χ3v) is 3.99. The van der Waals surface area contributed by atoms with Crippen LogP contribution in [-0.2, 0) is 12.8 Å². The number of hydrazine groups is 1. The van der Waals surface area contributed by atoms with E-state index in [0.717, 1.165) is 18.4 Å². The van der Waals surface area contributed by atoms with E-state index >= 15 is 0 Å². The molecule has 0 saturated carbocycles. The highest BCUT2D eigenvalue weighted by Gasteiger charge is 2.13. The highest BCUT2D eigenvalue weighted by Crippen LogP contribution is 2.26. The summed E-state index contributed by atoms with van der Waals surface area (Å²) in [4.78, 5) is 4.01. The van der Waals surface area contributed by atoms with E-state index < -0.39 is 0 Å². The number of pyridine rings is 1. The average Bonchev–Trinajstić information content (AvgIpc) is 2.47. The van der Waals surface area contributed by atoms with Crippen molar-refractivity contribution >= 4 is 23.2 Å². The summed E-state index contributed by atoms with van der Waals surface area (Å²) in [6, 6.07) is 9.68. The van der Waals surface area contributed by atoms with Gasteiger partial charge in [-0.3, -0.25) is 16.3 Å². The van der Waals surface area contributed by atoms with Crippen LogP contribution >= 0.6 is 23.2 Å². The zero-order valence-corrected chi connectivity index (χ0v) is 12.5. The maximum absolute atomic E-state index is 6.19. The van der Waals surface area contributed by atoms with Crippen LogP contribution in [0.2, 0.25) is 10.0 Å². The first kappa shape index (κ1) is 15.3. The molecule has 0 radical (unpaired) electrons. The van der Waals surface area contributed by atoms with Crippen molar-refractivity contribution < 1.29 is 0 Å². The average molecular weight is 310 g/mol. The van der Waals surface area contributed by atoms with Crippen molar-refractivity contribution in [2.24, 2.45) is 5.84 Å². The molecule has 0 saturated heterocycles. The van der Waals surface area contributed by atoms with Gasteiger partial charge < -0.3 is 0 Å². The molecule has 3 N–H and O–H groups in total. The zero-order chi connectivity index (χ0) is 14.4. The molecular formula is C15H17Cl2N3. The lowest BCUT2D eigenvalue weighted by Crippen LogP contribution is -2.37. The second-order valence-corrected chi connectivity index (χ2v) is 5.48. The van der Waals surface area contributed by atoms with Crippen molar-refractivity contribution in [3.63, 3.8) is 0 Å². The van der Waals surface area contributed by atoms with Crippen LogP contribution in [0.1, 0.15) is 17.5 Å². The van der Waals surface area contributed by atoms with E-state index in [9.17, 15) is 0 Å². The Morgan fingerprint density at radius 1 is 1.10 bits per heavy atom. The van der Waals surface area contributed by atoms with E-state index in [1.807, 2.05) is 30.3 Å². The molecule has 0 aliphatic carbocycles. The van der Waals surface area contributed by atoms with Gasteiger partial charge >= 0.3 is 0 Å². The van der Waals surface area contributed by atoms with Crippen LogP contribution < -0.4 is 11.3 Å². The number of aromatic nitrogens is 1. The topological polar surface area (TPSA) is 50.9 Å². The molecule has 0 aliphatic heterocycles. The number of halogens is 2. The number of hydrogen-bond donors (Lipinski definition) is 2. The molecule has 2 rings (SSSR count). The molecule has 1 heterocycles. The van der Waals surface area contributed by atoms with Gasteiger partial charge in [0.25, 0.3) is 0 Å². The number of hydrogen-bond acceptors (Lipinski definition) is 3. The number of benzene rings is 1. The van der Waals surface area contributed by atoms with Crippen LogP contribution in [0.4, 0.5) is 0 Å². The molecule has 5 heteroatoms. The van der Waals surface area contributed by atoms with Crippen LogP contribution in [0.25, 0.3) is 0 Å². The molecule has 1 aromatic carbocycles. The van der Waals surface area contributed by atoms with Gasteiger partial charge in [-0.15, -0.1) is 0 Å². The number of aryl methyl sites for hydroxylation is 1. The van der Waals surface area contributed by atoms with Crippen molar-refractivity contribution in [1.82, 2.24) is 10.4 Å². The third kappa shape index (κ3) is 4.18. The molecule has 2 aromatic rings. The second kappa shape index (κ2) is 7.60. The smallest absolute Gasteiger partial charge is 0.0453 e. The lowest BCUT2D eigenvalue weighted by molar-refractivity contribution is 0.491. The molecule has 0 bridgehead atoms. The molecule has 0 spiro atoms. The van der Waals surface area contributed by atoms with Crippen molar-refractivity contribution in [3.05, 3.63) is 63.9 Å². The summed E-state index contributed by atoms with van der Waals surface area (Å²) in [5.74, 6) is 5.64. The predicted molar refractivity (Wildman–Crippen MR) is 83.8 cm³/mol. The Morgan fingerprint density at radius 2 is 1.75 bits per heavy atom. The molecule has 0 aliphatic rings. The number of rotatable bonds is 6. The number of nitrogens with zero attached hydrogens (tertiary/aromatic N) is 1. The normalized spacial score (nSPS) is 12.3. The van der Waals surface area contributed by atoms with Crippen molar-refractivity contribution in [1.29, 1.82) is 0 Å². The Morgan fingerprint density at radius 3 is 2.35 bits per heavy atom. The molecule has 106 valence electrons. The quantitative estimate of drug-likeness (QED) is 0.635. The van der Waals surface area contributed by atoms with Gasteiger partial charge in [0.2, 0.25) is 0 Å². The van der Waals surface area contributed by atoms with E-state index in [2.05, 4.69) is 10.4 Å². The van der Waals surface area contributed by atoms with Gasteiger partial charge in [-0.25, -0.2) is 0 Å². The van der Waals surface area contributed by atoms with Crippen LogP contribution in [0.15, 0.2) is 42.7 Å². The highest BCUT2D eigenvalue weighted by molar-refractivity contribution is 6.36. The summed E-state index contributed by atoms with van der Waals surface area (Å²) < 4.78 is 0. The summed E-state index contributed by atoms with van der Waals surface area (Å²) in [5.41, 5.74) is 5.02. The Bertz CT molecular complexity index is 526.